The highest BCUT2D eigenvalue weighted by Crippen LogP contribution is 2.46. The van der Waals surface area contributed by atoms with Gasteiger partial charge in [-0.05, 0) is 37.3 Å². The molecule has 1 aliphatic carbocycles. The van der Waals surface area contributed by atoms with Gasteiger partial charge in [-0.15, -0.1) is 0 Å². The first-order valence-corrected chi connectivity index (χ1v) is 11.6. The van der Waals surface area contributed by atoms with Crippen molar-refractivity contribution in [2.45, 2.75) is 12.8 Å². The molecule has 2 unspecified atom stereocenters. The first-order chi connectivity index (χ1) is 17.3. The summed E-state index contributed by atoms with van der Waals surface area (Å²) < 4.78 is 32.3. The number of carbonyl (C=O) groups excluding carboxylic acids is 1. The molecule has 2 atom stereocenters. The molecule has 0 aliphatic heterocycles. The molecule has 36 heavy (non-hydrogen) atoms. The van der Waals surface area contributed by atoms with Crippen LogP contribution in [-0.2, 0) is 4.84 Å². The summed E-state index contributed by atoms with van der Waals surface area (Å²) in [4.78, 5) is 26.8. The number of nitrogens with one attached hydrogen (secondary N) is 2. The highest BCUT2D eigenvalue weighted by molar-refractivity contribution is 6.35. The van der Waals surface area contributed by atoms with Gasteiger partial charge in [-0.3, -0.25) is 9.78 Å². The topological polar surface area (TPSA) is 97.7 Å². The SMILES string of the molecule is CCO/N=C1\C(CNC(=O)c2nc(Nc3cc(F)cc(F)c3)ccc2OC)C1c1ncc(Cl)cc1Cl. The van der Waals surface area contributed by atoms with Crippen molar-refractivity contribution in [2.75, 3.05) is 25.6 Å². The molecule has 12 heteroatoms. The fourth-order valence-corrected chi connectivity index (χ4v) is 4.17. The molecule has 0 saturated heterocycles. The molecular formula is C24H21Cl2F2N5O3. The lowest BCUT2D eigenvalue weighted by atomic mass is 10.2. The number of halogens is 4. The summed E-state index contributed by atoms with van der Waals surface area (Å²) in [5.41, 5.74) is 1.41. The first kappa shape index (κ1) is 25.6. The van der Waals surface area contributed by atoms with E-state index in [1.807, 2.05) is 6.92 Å². The number of carbonyl (C=O) groups is 1. The van der Waals surface area contributed by atoms with E-state index < -0.39 is 17.5 Å². The Kier molecular flexibility index (Phi) is 7.85. The van der Waals surface area contributed by atoms with E-state index in [0.717, 1.165) is 18.2 Å². The fourth-order valence-electron chi connectivity index (χ4n) is 3.68. The van der Waals surface area contributed by atoms with Gasteiger partial charge in [0.05, 0.1) is 34.5 Å². The van der Waals surface area contributed by atoms with Gasteiger partial charge in [-0.25, -0.2) is 13.8 Å². The second-order valence-electron chi connectivity index (χ2n) is 7.78. The van der Waals surface area contributed by atoms with E-state index in [1.54, 1.807) is 6.07 Å². The number of methoxy groups -OCH3 is 1. The fraction of sp³-hybridized carbons (Fsp3) is 0.250. The number of benzene rings is 1. The lowest BCUT2D eigenvalue weighted by molar-refractivity contribution is 0.0944. The number of oxime groups is 1. The van der Waals surface area contributed by atoms with Gasteiger partial charge in [-0.1, -0.05) is 28.4 Å². The molecule has 8 nitrogen and oxygen atoms in total. The van der Waals surface area contributed by atoms with Crippen LogP contribution in [0.4, 0.5) is 20.3 Å². The highest BCUT2D eigenvalue weighted by atomic mass is 35.5. The normalized spacial score (nSPS) is 17.6. The van der Waals surface area contributed by atoms with Crippen molar-refractivity contribution in [2.24, 2.45) is 11.1 Å². The molecule has 1 aliphatic rings. The third-order valence-electron chi connectivity index (χ3n) is 5.33. The van der Waals surface area contributed by atoms with E-state index in [9.17, 15) is 13.6 Å². The van der Waals surface area contributed by atoms with Crippen LogP contribution >= 0.6 is 23.2 Å². The lowest BCUT2D eigenvalue weighted by Gasteiger charge is -2.12. The Hall–Kier alpha value is -3.50. The molecule has 1 aromatic carbocycles. The number of rotatable bonds is 9. The molecule has 2 heterocycles. The zero-order valence-corrected chi connectivity index (χ0v) is 20.7. The van der Waals surface area contributed by atoms with Crippen molar-refractivity contribution >= 4 is 46.3 Å². The quantitative estimate of drug-likeness (QED) is 0.358. The second-order valence-corrected chi connectivity index (χ2v) is 8.62. The lowest BCUT2D eigenvalue weighted by Crippen LogP contribution is -2.27. The molecule has 2 N–H and O–H groups in total. The van der Waals surface area contributed by atoms with Crippen LogP contribution in [0, 0.1) is 17.6 Å². The third kappa shape index (κ3) is 5.83. The van der Waals surface area contributed by atoms with Crippen molar-refractivity contribution in [1.82, 2.24) is 15.3 Å². The van der Waals surface area contributed by atoms with Crippen LogP contribution in [-0.4, -0.2) is 41.8 Å². The second kappa shape index (κ2) is 11.0. The largest absolute Gasteiger partial charge is 0.494 e. The summed E-state index contributed by atoms with van der Waals surface area (Å²) in [7, 11) is 1.40. The minimum atomic E-state index is -0.747. The first-order valence-electron chi connectivity index (χ1n) is 10.9. The molecule has 3 aromatic rings. The van der Waals surface area contributed by atoms with Gasteiger partial charge in [0.25, 0.3) is 5.91 Å². The van der Waals surface area contributed by atoms with Gasteiger partial charge in [-0.2, -0.15) is 0 Å². The molecule has 1 fully saturated rings. The van der Waals surface area contributed by atoms with Crippen LogP contribution < -0.4 is 15.4 Å². The summed E-state index contributed by atoms with van der Waals surface area (Å²) in [5, 5.41) is 10.5. The van der Waals surface area contributed by atoms with Gasteiger partial charge >= 0.3 is 0 Å². The molecule has 1 amide bonds. The van der Waals surface area contributed by atoms with Gasteiger partial charge < -0.3 is 20.2 Å². The van der Waals surface area contributed by atoms with E-state index in [2.05, 4.69) is 25.8 Å². The molecule has 0 bridgehead atoms. The molecule has 0 spiro atoms. The maximum Gasteiger partial charge on any atom is 0.273 e. The third-order valence-corrected chi connectivity index (χ3v) is 5.84. The molecule has 188 valence electrons. The molecule has 1 saturated carbocycles. The summed E-state index contributed by atoms with van der Waals surface area (Å²) >= 11 is 12.3. The van der Waals surface area contributed by atoms with Crippen molar-refractivity contribution in [1.29, 1.82) is 0 Å². The Morgan fingerprint density at radius 3 is 2.58 bits per heavy atom. The van der Waals surface area contributed by atoms with E-state index >= 15 is 0 Å². The minimum absolute atomic E-state index is 0.0116. The van der Waals surface area contributed by atoms with Crippen LogP contribution in [0.15, 0.2) is 47.8 Å². The Morgan fingerprint density at radius 1 is 1.17 bits per heavy atom. The van der Waals surface area contributed by atoms with Crippen LogP contribution in [0.5, 0.6) is 5.75 Å². The molecular weight excluding hydrogens is 515 g/mol. The van der Waals surface area contributed by atoms with E-state index in [0.29, 0.717) is 28.1 Å². The Morgan fingerprint density at radius 2 is 1.92 bits per heavy atom. The van der Waals surface area contributed by atoms with Gasteiger partial charge in [0.15, 0.2) is 5.69 Å². The van der Waals surface area contributed by atoms with Crippen molar-refractivity contribution in [3.63, 3.8) is 0 Å². The number of amides is 1. The van der Waals surface area contributed by atoms with Gasteiger partial charge in [0.1, 0.15) is 29.8 Å². The monoisotopic (exact) mass is 535 g/mol. The number of nitrogens with zero attached hydrogens (tertiary/aromatic N) is 3. The average molecular weight is 536 g/mol. The molecule has 0 radical (unpaired) electrons. The number of hydrogen-bond acceptors (Lipinski definition) is 7. The molecule has 2 aromatic heterocycles. The number of pyridine rings is 2. The smallest absolute Gasteiger partial charge is 0.273 e. The van der Waals surface area contributed by atoms with Crippen LogP contribution in [0.25, 0.3) is 0 Å². The number of anilines is 2. The van der Waals surface area contributed by atoms with Crippen LogP contribution in [0.2, 0.25) is 10.0 Å². The minimum Gasteiger partial charge on any atom is -0.494 e. The standard InChI is InChI=1S/C24H21Cl2F2N5O3/c1-3-36-33-21-16(20(21)22-17(26)6-12(25)10-29-22)11-30-24(34)23-18(35-2)4-5-19(32-23)31-15-8-13(27)7-14(28)9-15/h4-10,16,20H,3,11H2,1-2H3,(H,30,34)(H,31,32)/b33-21+. The van der Waals surface area contributed by atoms with Gasteiger partial charge in [0.2, 0.25) is 0 Å². The maximum absolute atomic E-state index is 13.5. The summed E-state index contributed by atoms with van der Waals surface area (Å²) in [6.45, 7) is 2.39. The average Bonchev–Trinajstić information content (AvgIpc) is 3.52. The van der Waals surface area contributed by atoms with Crippen LogP contribution in [0.1, 0.15) is 29.0 Å². The zero-order chi connectivity index (χ0) is 25.8. The number of hydrogen-bond donors (Lipinski definition) is 2. The number of aromatic nitrogens is 2. The Bertz CT molecular complexity index is 1300. The van der Waals surface area contributed by atoms with Crippen molar-refractivity contribution in [3.05, 3.63) is 75.7 Å². The maximum atomic E-state index is 13.5. The van der Waals surface area contributed by atoms with E-state index in [1.165, 1.54) is 25.4 Å². The predicted octanol–water partition coefficient (Wildman–Crippen LogP) is 5.35. The Labute approximate surface area is 215 Å². The molecule has 4 rings (SSSR count). The number of ether oxygens (including phenoxy) is 1. The predicted molar refractivity (Wildman–Crippen MR) is 132 cm³/mol. The van der Waals surface area contributed by atoms with E-state index in [4.69, 9.17) is 32.8 Å². The summed E-state index contributed by atoms with van der Waals surface area (Å²) in [5.74, 6) is -2.03. The van der Waals surface area contributed by atoms with Gasteiger partial charge in [0, 0.05) is 30.4 Å². The highest BCUT2D eigenvalue weighted by Gasteiger charge is 2.50. The van der Waals surface area contributed by atoms with Crippen molar-refractivity contribution < 1.29 is 23.1 Å². The zero-order valence-electron chi connectivity index (χ0n) is 19.2. The summed E-state index contributed by atoms with van der Waals surface area (Å²) in [6, 6.07) is 7.62. The van der Waals surface area contributed by atoms with Crippen LogP contribution in [0.3, 0.4) is 0 Å². The summed E-state index contributed by atoms with van der Waals surface area (Å²) in [6.07, 6.45) is 1.49. The Balaban J connectivity index is 1.50. The van der Waals surface area contributed by atoms with Crippen molar-refractivity contribution in [3.8, 4) is 5.75 Å². The van der Waals surface area contributed by atoms with E-state index in [-0.39, 0.29) is 41.3 Å².